The second-order valence-corrected chi connectivity index (χ2v) is 4.64. The van der Waals surface area contributed by atoms with Crippen LogP contribution < -0.4 is 0 Å². The molecule has 4 unspecified atom stereocenters. The van der Waals surface area contributed by atoms with Crippen molar-refractivity contribution in [3.8, 4) is 0 Å². The van der Waals surface area contributed by atoms with Crippen molar-refractivity contribution >= 4 is 0 Å². The van der Waals surface area contributed by atoms with Crippen LogP contribution >= 0.6 is 0 Å². The summed E-state index contributed by atoms with van der Waals surface area (Å²) in [5.41, 5.74) is 0. The second-order valence-electron chi connectivity index (χ2n) is 4.64. The minimum absolute atomic E-state index is 0.239. The minimum Gasteiger partial charge on any atom is -0.382 e. The van der Waals surface area contributed by atoms with Crippen LogP contribution in [0, 0.1) is 17.8 Å². The van der Waals surface area contributed by atoms with Crippen molar-refractivity contribution in [2.75, 3.05) is 20.3 Å². The molecule has 0 aromatic rings. The monoisotopic (exact) mass is 196 g/mol. The molecule has 0 aromatic carbocycles. The van der Waals surface area contributed by atoms with E-state index in [4.69, 9.17) is 9.47 Å². The maximum Gasteiger partial charge on any atom is 0.0780 e. The fraction of sp³-hybridized carbons (Fsp3) is 0.833. The van der Waals surface area contributed by atoms with E-state index >= 15 is 0 Å². The van der Waals surface area contributed by atoms with Gasteiger partial charge in [0, 0.05) is 7.11 Å². The zero-order valence-corrected chi connectivity index (χ0v) is 9.11. The maximum atomic E-state index is 5.76. The van der Waals surface area contributed by atoms with Crippen LogP contribution in [-0.2, 0) is 9.47 Å². The molecule has 14 heavy (non-hydrogen) atoms. The molecule has 80 valence electrons. The van der Waals surface area contributed by atoms with Crippen molar-refractivity contribution in [2.45, 2.75) is 25.9 Å². The first-order valence-corrected chi connectivity index (χ1v) is 5.58. The fourth-order valence-electron chi connectivity index (χ4n) is 2.66. The molecule has 2 heteroatoms. The highest BCUT2D eigenvalue weighted by Crippen LogP contribution is 2.43. The van der Waals surface area contributed by atoms with Gasteiger partial charge in [0.2, 0.25) is 0 Å². The van der Waals surface area contributed by atoms with E-state index in [1.165, 1.54) is 12.8 Å². The smallest absolute Gasteiger partial charge is 0.0780 e. The van der Waals surface area contributed by atoms with Gasteiger partial charge in [-0.3, -0.25) is 0 Å². The summed E-state index contributed by atoms with van der Waals surface area (Å²) in [6.45, 7) is 3.69. The first-order chi connectivity index (χ1) is 6.79. The van der Waals surface area contributed by atoms with Gasteiger partial charge in [0.25, 0.3) is 0 Å². The molecule has 0 N–H and O–H groups in total. The molecule has 0 aliphatic heterocycles. The average Bonchev–Trinajstić information content (AvgIpc) is 2.76. The highest BCUT2D eigenvalue weighted by Gasteiger charge is 2.35. The van der Waals surface area contributed by atoms with Gasteiger partial charge in [-0.2, -0.15) is 0 Å². The highest BCUT2D eigenvalue weighted by atomic mass is 16.5. The van der Waals surface area contributed by atoms with Gasteiger partial charge >= 0.3 is 0 Å². The number of allylic oxidation sites excluding steroid dienone is 2. The fourth-order valence-corrected chi connectivity index (χ4v) is 2.66. The lowest BCUT2D eigenvalue weighted by Crippen LogP contribution is -2.21. The van der Waals surface area contributed by atoms with Crippen LogP contribution in [0.15, 0.2) is 12.2 Å². The molecule has 0 heterocycles. The minimum atomic E-state index is 0.239. The number of ether oxygens (including phenoxy) is 2. The maximum absolute atomic E-state index is 5.76. The molecular weight excluding hydrogens is 176 g/mol. The number of fused-ring (bicyclic) bond motifs is 2. The summed E-state index contributed by atoms with van der Waals surface area (Å²) in [6.07, 6.45) is 7.69. The van der Waals surface area contributed by atoms with Crippen LogP contribution in [0.3, 0.4) is 0 Å². The predicted molar refractivity (Wildman–Crippen MR) is 56.1 cm³/mol. The summed E-state index contributed by atoms with van der Waals surface area (Å²) >= 11 is 0. The van der Waals surface area contributed by atoms with Gasteiger partial charge in [0.15, 0.2) is 0 Å². The Morgan fingerprint density at radius 1 is 1.36 bits per heavy atom. The van der Waals surface area contributed by atoms with Crippen LogP contribution in [-0.4, -0.2) is 26.4 Å². The Morgan fingerprint density at radius 3 is 2.79 bits per heavy atom. The van der Waals surface area contributed by atoms with Crippen molar-refractivity contribution in [2.24, 2.45) is 17.8 Å². The van der Waals surface area contributed by atoms with Gasteiger partial charge in [-0.25, -0.2) is 0 Å². The normalized spacial score (nSPS) is 36.6. The standard InChI is InChI=1S/C12H20O2/c1-9(7-13-2)14-8-12-6-10-3-4-11(12)5-10/h3-4,9-12H,5-8H2,1-2H3. The predicted octanol–water partition coefficient (Wildman–Crippen LogP) is 2.25. The number of hydrogen-bond acceptors (Lipinski definition) is 2. The average molecular weight is 196 g/mol. The molecule has 0 radical (unpaired) electrons. The number of methoxy groups -OCH3 is 1. The van der Waals surface area contributed by atoms with Gasteiger partial charge in [-0.05, 0) is 37.5 Å². The lowest BCUT2D eigenvalue weighted by molar-refractivity contribution is -0.0102. The summed E-state index contributed by atoms with van der Waals surface area (Å²) in [6, 6.07) is 0. The van der Waals surface area contributed by atoms with Crippen LogP contribution in [0.1, 0.15) is 19.8 Å². The Bertz CT molecular complexity index is 212. The van der Waals surface area contributed by atoms with Gasteiger partial charge < -0.3 is 9.47 Å². The van der Waals surface area contributed by atoms with E-state index in [1.54, 1.807) is 7.11 Å². The summed E-state index contributed by atoms with van der Waals surface area (Å²) in [4.78, 5) is 0. The highest BCUT2D eigenvalue weighted by molar-refractivity contribution is 5.09. The first kappa shape index (κ1) is 10.2. The van der Waals surface area contributed by atoms with E-state index in [0.717, 1.165) is 24.4 Å². The van der Waals surface area contributed by atoms with E-state index in [-0.39, 0.29) is 6.10 Å². The molecule has 0 aromatic heterocycles. The van der Waals surface area contributed by atoms with Crippen molar-refractivity contribution in [1.29, 1.82) is 0 Å². The quantitative estimate of drug-likeness (QED) is 0.628. The first-order valence-electron chi connectivity index (χ1n) is 5.58. The molecule has 0 spiro atoms. The zero-order chi connectivity index (χ0) is 9.97. The Balaban J connectivity index is 1.69. The van der Waals surface area contributed by atoms with Crippen LogP contribution in [0.2, 0.25) is 0 Å². The summed E-state index contributed by atoms with van der Waals surface area (Å²) < 4.78 is 10.8. The van der Waals surface area contributed by atoms with Crippen LogP contribution in [0.25, 0.3) is 0 Å². The third-order valence-electron chi connectivity index (χ3n) is 3.41. The van der Waals surface area contributed by atoms with Crippen molar-refractivity contribution in [1.82, 2.24) is 0 Å². The van der Waals surface area contributed by atoms with Gasteiger partial charge in [-0.1, -0.05) is 12.2 Å². The van der Waals surface area contributed by atoms with E-state index in [2.05, 4.69) is 19.1 Å². The molecule has 0 saturated heterocycles. The van der Waals surface area contributed by atoms with Gasteiger partial charge in [0.05, 0.1) is 19.3 Å². The Labute approximate surface area is 86.3 Å². The van der Waals surface area contributed by atoms with Crippen molar-refractivity contribution in [3.63, 3.8) is 0 Å². The van der Waals surface area contributed by atoms with E-state index in [0.29, 0.717) is 6.61 Å². The lowest BCUT2D eigenvalue weighted by Gasteiger charge is -2.20. The molecule has 2 bridgehead atoms. The van der Waals surface area contributed by atoms with Crippen molar-refractivity contribution in [3.05, 3.63) is 12.2 Å². The largest absolute Gasteiger partial charge is 0.382 e. The summed E-state index contributed by atoms with van der Waals surface area (Å²) in [5.74, 6) is 2.42. The van der Waals surface area contributed by atoms with Gasteiger partial charge in [-0.15, -0.1) is 0 Å². The number of rotatable bonds is 5. The van der Waals surface area contributed by atoms with Crippen LogP contribution in [0.4, 0.5) is 0 Å². The Morgan fingerprint density at radius 2 is 2.21 bits per heavy atom. The SMILES string of the molecule is COCC(C)OCC1CC2C=CC1C2. The van der Waals surface area contributed by atoms with Gasteiger partial charge in [0.1, 0.15) is 0 Å². The molecular formula is C12H20O2. The summed E-state index contributed by atoms with van der Waals surface area (Å²) in [7, 11) is 1.72. The molecule has 2 aliphatic carbocycles. The second kappa shape index (κ2) is 4.45. The van der Waals surface area contributed by atoms with Crippen molar-refractivity contribution < 1.29 is 9.47 Å². The molecule has 4 atom stereocenters. The topological polar surface area (TPSA) is 18.5 Å². The third-order valence-corrected chi connectivity index (χ3v) is 3.41. The van der Waals surface area contributed by atoms with E-state index in [1.807, 2.05) is 0 Å². The molecule has 1 fully saturated rings. The number of hydrogen-bond donors (Lipinski definition) is 0. The van der Waals surface area contributed by atoms with E-state index in [9.17, 15) is 0 Å². The molecule has 0 amide bonds. The Kier molecular flexibility index (Phi) is 3.24. The summed E-state index contributed by atoms with van der Waals surface area (Å²) in [5, 5.41) is 0. The zero-order valence-electron chi connectivity index (χ0n) is 9.11. The molecule has 2 nitrogen and oxygen atoms in total. The lowest BCUT2D eigenvalue weighted by atomic mass is 9.94. The molecule has 2 aliphatic rings. The molecule has 2 rings (SSSR count). The third kappa shape index (κ3) is 2.18. The van der Waals surface area contributed by atoms with E-state index < -0.39 is 0 Å². The Hall–Kier alpha value is -0.340. The van der Waals surface area contributed by atoms with Crippen LogP contribution in [0.5, 0.6) is 0 Å². The molecule has 1 saturated carbocycles.